The van der Waals surface area contributed by atoms with E-state index in [4.69, 9.17) is 4.74 Å². The monoisotopic (exact) mass is 244 g/mol. The number of hydrogen-bond acceptors (Lipinski definition) is 4. The first-order valence-corrected chi connectivity index (χ1v) is 5.98. The highest BCUT2D eigenvalue weighted by Gasteiger charge is 2.10. The summed E-state index contributed by atoms with van der Waals surface area (Å²) in [6, 6.07) is 3.94. The summed E-state index contributed by atoms with van der Waals surface area (Å²) < 4.78 is 4.91. The predicted molar refractivity (Wildman–Crippen MR) is 69.6 cm³/mol. The van der Waals surface area contributed by atoms with E-state index in [0.29, 0.717) is 19.7 Å². The highest BCUT2D eigenvalue weighted by Crippen LogP contribution is 2.18. The van der Waals surface area contributed by atoms with E-state index in [-0.39, 0.29) is 5.97 Å². The van der Waals surface area contributed by atoms with Gasteiger partial charge in [-0.3, -0.25) is 9.78 Å². The molecule has 0 N–H and O–H groups in total. The molecule has 0 amide bonds. The van der Waals surface area contributed by atoms with Gasteiger partial charge < -0.3 is 9.64 Å². The van der Waals surface area contributed by atoms with Crippen molar-refractivity contribution in [3.8, 4) is 0 Å². The van der Waals surface area contributed by atoms with Gasteiger partial charge in [-0.05, 0) is 36.3 Å². The van der Waals surface area contributed by atoms with Gasteiger partial charge in [0.2, 0.25) is 0 Å². The van der Waals surface area contributed by atoms with Crippen molar-refractivity contribution < 1.29 is 9.53 Å². The summed E-state index contributed by atoms with van der Waals surface area (Å²) in [4.78, 5) is 17.2. The molecular formula is C14H16N2O2. The Kier molecular flexibility index (Phi) is 4.12. The zero-order chi connectivity index (χ0) is 12.8. The van der Waals surface area contributed by atoms with Crippen LogP contribution in [0.2, 0.25) is 0 Å². The molecule has 4 nitrogen and oxygen atoms in total. The number of carbonyl (C=O) groups excluding carboxylic acids is 1. The van der Waals surface area contributed by atoms with Gasteiger partial charge in [0.05, 0.1) is 6.61 Å². The minimum Gasteiger partial charge on any atom is -0.465 e. The second kappa shape index (κ2) is 6.00. The van der Waals surface area contributed by atoms with E-state index in [9.17, 15) is 4.79 Å². The third-order valence-corrected chi connectivity index (χ3v) is 2.66. The molecule has 2 rings (SSSR count). The number of rotatable bonds is 4. The lowest BCUT2D eigenvalue weighted by atomic mass is 10.1. The van der Waals surface area contributed by atoms with Gasteiger partial charge in [-0.2, -0.15) is 0 Å². The summed E-state index contributed by atoms with van der Waals surface area (Å²) in [5, 5.41) is 0. The van der Waals surface area contributed by atoms with E-state index in [1.165, 1.54) is 0 Å². The van der Waals surface area contributed by atoms with Crippen LogP contribution in [-0.4, -0.2) is 35.5 Å². The fourth-order valence-electron chi connectivity index (χ4n) is 1.78. The highest BCUT2D eigenvalue weighted by atomic mass is 16.5. The minimum atomic E-state index is -0.192. The van der Waals surface area contributed by atoms with E-state index in [1.54, 1.807) is 12.4 Å². The third kappa shape index (κ3) is 3.20. The van der Waals surface area contributed by atoms with Crippen LogP contribution in [0.25, 0.3) is 5.57 Å². The smallest absolute Gasteiger partial charge is 0.325 e. The van der Waals surface area contributed by atoms with Crippen molar-refractivity contribution in [2.75, 3.05) is 19.7 Å². The number of pyridine rings is 1. The summed E-state index contributed by atoms with van der Waals surface area (Å²) in [7, 11) is 0. The van der Waals surface area contributed by atoms with E-state index < -0.39 is 0 Å². The minimum absolute atomic E-state index is 0.192. The molecule has 0 saturated carbocycles. The summed E-state index contributed by atoms with van der Waals surface area (Å²) in [6.45, 7) is 3.25. The van der Waals surface area contributed by atoms with Gasteiger partial charge in [0.25, 0.3) is 0 Å². The van der Waals surface area contributed by atoms with Gasteiger partial charge in [-0.25, -0.2) is 0 Å². The van der Waals surface area contributed by atoms with Crippen LogP contribution in [-0.2, 0) is 9.53 Å². The summed E-state index contributed by atoms with van der Waals surface area (Å²) >= 11 is 0. The fraction of sp³-hybridized carbons (Fsp3) is 0.286. The lowest BCUT2D eigenvalue weighted by Gasteiger charge is -2.21. The Hall–Kier alpha value is -2.10. The van der Waals surface area contributed by atoms with Crippen molar-refractivity contribution in [1.29, 1.82) is 0 Å². The van der Waals surface area contributed by atoms with Crippen molar-refractivity contribution in [2.45, 2.75) is 6.92 Å². The largest absolute Gasteiger partial charge is 0.465 e. The SMILES string of the molecule is CCOC(=O)CN1C=CC(c2ccncc2)=CC1. The topological polar surface area (TPSA) is 42.4 Å². The lowest BCUT2D eigenvalue weighted by Crippen LogP contribution is -2.28. The molecule has 0 fully saturated rings. The fourth-order valence-corrected chi connectivity index (χ4v) is 1.78. The highest BCUT2D eigenvalue weighted by molar-refractivity contribution is 5.76. The van der Waals surface area contributed by atoms with E-state index in [2.05, 4.69) is 11.1 Å². The van der Waals surface area contributed by atoms with Crippen LogP contribution in [0.5, 0.6) is 0 Å². The van der Waals surface area contributed by atoms with Crippen molar-refractivity contribution >= 4 is 11.5 Å². The predicted octanol–water partition coefficient (Wildman–Crippen LogP) is 1.86. The van der Waals surface area contributed by atoms with Gasteiger partial charge in [0.15, 0.2) is 0 Å². The van der Waals surface area contributed by atoms with Crippen LogP contribution in [0, 0.1) is 0 Å². The molecule has 1 aromatic heterocycles. The number of aromatic nitrogens is 1. The zero-order valence-electron chi connectivity index (χ0n) is 10.4. The van der Waals surface area contributed by atoms with Crippen LogP contribution >= 0.6 is 0 Å². The Bertz CT molecular complexity index is 466. The average Bonchev–Trinajstić information content (AvgIpc) is 2.41. The average molecular weight is 244 g/mol. The molecule has 1 aliphatic heterocycles. The van der Waals surface area contributed by atoms with Crippen LogP contribution < -0.4 is 0 Å². The molecule has 0 unspecified atom stereocenters. The Labute approximate surface area is 107 Å². The maximum atomic E-state index is 11.3. The molecule has 1 aromatic rings. The molecule has 0 radical (unpaired) electrons. The molecule has 4 heteroatoms. The number of esters is 1. The second-order valence-corrected chi connectivity index (χ2v) is 3.95. The maximum Gasteiger partial charge on any atom is 0.325 e. The van der Waals surface area contributed by atoms with Gasteiger partial charge >= 0.3 is 5.97 Å². The Morgan fingerprint density at radius 3 is 2.83 bits per heavy atom. The number of nitrogens with zero attached hydrogens (tertiary/aromatic N) is 2. The summed E-state index contributed by atoms with van der Waals surface area (Å²) in [6.07, 6.45) is 9.56. The van der Waals surface area contributed by atoms with Gasteiger partial charge in [-0.1, -0.05) is 6.08 Å². The third-order valence-electron chi connectivity index (χ3n) is 2.66. The molecule has 94 valence electrons. The Morgan fingerprint density at radius 2 is 2.22 bits per heavy atom. The van der Waals surface area contributed by atoms with Gasteiger partial charge in [0.1, 0.15) is 6.54 Å². The van der Waals surface area contributed by atoms with Crippen LogP contribution in [0.3, 0.4) is 0 Å². The Morgan fingerprint density at radius 1 is 1.44 bits per heavy atom. The first kappa shape index (κ1) is 12.4. The van der Waals surface area contributed by atoms with Crippen LogP contribution in [0.4, 0.5) is 0 Å². The first-order valence-electron chi connectivity index (χ1n) is 5.98. The van der Waals surface area contributed by atoms with Crippen molar-refractivity contribution in [1.82, 2.24) is 9.88 Å². The quantitative estimate of drug-likeness (QED) is 0.758. The normalized spacial score (nSPS) is 14.3. The number of allylic oxidation sites excluding steroid dienone is 2. The summed E-state index contributed by atoms with van der Waals surface area (Å²) in [5.41, 5.74) is 2.29. The Balaban J connectivity index is 1.93. The summed E-state index contributed by atoms with van der Waals surface area (Å²) in [5.74, 6) is -0.192. The molecule has 0 bridgehead atoms. The second-order valence-electron chi connectivity index (χ2n) is 3.95. The van der Waals surface area contributed by atoms with Crippen molar-refractivity contribution in [3.63, 3.8) is 0 Å². The van der Waals surface area contributed by atoms with E-state index in [0.717, 1.165) is 11.1 Å². The zero-order valence-corrected chi connectivity index (χ0v) is 10.4. The molecule has 18 heavy (non-hydrogen) atoms. The van der Waals surface area contributed by atoms with Gasteiger partial charge in [-0.15, -0.1) is 0 Å². The van der Waals surface area contributed by atoms with E-state index in [1.807, 2.05) is 36.2 Å². The molecule has 0 spiro atoms. The lowest BCUT2D eigenvalue weighted by molar-refractivity contribution is -0.143. The standard InChI is InChI=1S/C14H16N2O2/c1-2-18-14(17)11-16-9-5-13(6-10-16)12-3-7-15-8-4-12/h3-9H,2,10-11H2,1H3. The number of ether oxygens (including phenoxy) is 1. The molecule has 0 atom stereocenters. The van der Waals surface area contributed by atoms with Crippen molar-refractivity contribution in [3.05, 3.63) is 48.4 Å². The number of hydrogen-bond donors (Lipinski definition) is 0. The van der Waals surface area contributed by atoms with Gasteiger partial charge in [0, 0.05) is 25.1 Å². The molecular weight excluding hydrogens is 228 g/mol. The van der Waals surface area contributed by atoms with Crippen LogP contribution in [0.15, 0.2) is 42.9 Å². The van der Waals surface area contributed by atoms with Crippen LogP contribution in [0.1, 0.15) is 12.5 Å². The molecule has 2 heterocycles. The van der Waals surface area contributed by atoms with Crippen molar-refractivity contribution in [2.24, 2.45) is 0 Å². The van der Waals surface area contributed by atoms with E-state index >= 15 is 0 Å². The first-order chi connectivity index (χ1) is 8.79. The molecule has 1 aliphatic rings. The number of carbonyl (C=O) groups is 1. The molecule has 0 aliphatic carbocycles. The maximum absolute atomic E-state index is 11.3. The molecule has 0 saturated heterocycles. The molecule has 0 aromatic carbocycles.